The number of cyclic esters (lactones) is 1. The van der Waals surface area contributed by atoms with Gasteiger partial charge in [-0.25, -0.2) is 4.79 Å². The van der Waals surface area contributed by atoms with E-state index in [-0.39, 0.29) is 23.6 Å². The maximum Gasteiger partial charge on any atom is 0.410 e. The van der Waals surface area contributed by atoms with E-state index in [0.29, 0.717) is 31.1 Å². The minimum Gasteiger partial charge on any atom is -0.447 e. The maximum absolute atomic E-state index is 13.0. The molecule has 0 spiro atoms. The van der Waals surface area contributed by atoms with Gasteiger partial charge in [0.25, 0.3) is 5.91 Å². The van der Waals surface area contributed by atoms with Crippen LogP contribution in [0.3, 0.4) is 0 Å². The fourth-order valence-electron chi connectivity index (χ4n) is 4.00. The first kappa shape index (κ1) is 18.5. The number of nitrogens with zero attached hydrogens (tertiary/aromatic N) is 5. The lowest BCUT2D eigenvalue weighted by molar-refractivity contribution is 0.0583. The van der Waals surface area contributed by atoms with E-state index in [4.69, 9.17) is 4.74 Å². The third kappa shape index (κ3) is 3.23. The Hall–Kier alpha value is -2.90. The number of para-hydroxylation sites is 1. The first-order chi connectivity index (χ1) is 13.4. The van der Waals surface area contributed by atoms with Gasteiger partial charge in [-0.05, 0) is 45.7 Å². The third-order valence-electron chi connectivity index (χ3n) is 5.49. The SMILES string of the molecule is Cc1nn(-c2ccccc2)nc1C(=O)N1CCC(N2C(=O)OCC2(C)C)CC1. The van der Waals surface area contributed by atoms with Crippen molar-refractivity contribution in [2.45, 2.75) is 45.2 Å². The van der Waals surface area contributed by atoms with Crippen LogP contribution in [0.4, 0.5) is 4.79 Å². The zero-order valence-corrected chi connectivity index (χ0v) is 16.5. The lowest BCUT2D eigenvalue weighted by Crippen LogP contribution is -2.53. The van der Waals surface area contributed by atoms with Gasteiger partial charge in [0.15, 0.2) is 5.69 Å². The number of piperidine rings is 1. The number of carbonyl (C=O) groups is 2. The second-order valence-corrected chi connectivity index (χ2v) is 8.02. The number of ether oxygens (including phenoxy) is 1. The lowest BCUT2D eigenvalue weighted by atomic mass is 9.97. The van der Waals surface area contributed by atoms with E-state index < -0.39 is 0 Å². The van der Waals surface area contributed by atoms with Crippen LogP contribution >= 0.6 is 0 Å². The van der Waals surface area contributed by atoms with Gasteiger partial charge in [0, 0.05) is 19.1 Å². The summed E-state index contributed by atoms with van der Waals surface area (Å²) in [7, 11) is 0. The Bertz CT molecular complexity index is 885. The van der Waals surface area contributed by atoms with Crippen LogP contribution in [0.25, 0.3) is 5.69 Å². The highest BCUT2D eigenvalue weighted by molar-refractivity contribution is 5.93. The average molecular weight is 383 g/mol. The Morgan fingerprint density at radius 1 is 1.14 bits per heavy atom. The highest BCUT2D eigenvalue weighted by atomic mass is 16.6. The average Bonchev–Trinajstić information content (AvgIpc) is 3.21. The Balaban J connectivity index is 1.45. The molecular formula is C20H25N5O3. The van der Waals surface area contributed by atoms with Gasteiger partial charge < -0.3 is 9.64 Å². The van der Waals surface area contributed by atoms with Crippen molar-refractivity contribution in [1.29, 1.82) is 0 Å². The van der Waals surface area contributed by atoms with E-state index in [1.54, 1.807) is 11.8 Å². The Morgan fingerprint density at radius 3 is 2.43 bits per heavy atom. The lowest BCUT2D eigenvalue weighted by Gasteiger charge is -2.40. The largest absolute Gasteiger partial charge is 0.447 e. The molecule has 4 rings (SSSR count). The molecule has 0 unspecified atom stereocenters. The van der Waals surface area contributed by atoms with Crippen molar-refractivity contribution >= 4 is 12.0 Å². The van der Waals surface area contributed by atoms with Crippen LogP contribution in [0.2, 0.25) is 0 Å². The minimum absolute atomic E-state index is 0.0927. The molecule has 2 aliphatic rings. The summed E-state index contributed by atoms with van der Waals surface area (Å²) in [5.41, 5.74) is 1.50. The van der Waals surface area contributed by atoms with E-state index in [1.807, 2.05) is 49.1 Å². The van der Waals surface area contributed by atoms with Crippen molar-refractivity contribution in [3.63, 3.8) is 0 Å². The van der Waals surface area contributed by atoms with Crippen molar-refractivity contribution in [2.24, 2.45) is 0 Å². The van der Waals surface area contributed by atoms with Crippen molar-refractivity contribution in [3.8, 4) is 5.69 Å². The molecule has 2 fully saturated rings. The van der Waals surface area contributed by atoms with Gasteiger partial charge in [-0.15, -0.1) is 5.10 Å². The summed E-state index contributed by atoms with van der Waals surface area (Å²) in [6, 6.07) is 9.63. The van der Waals surface area contributed by atoms with Crippen LogP contribution in [-0.2, 0) is 4.74 Å². The quantitative estimate of drug-likeness (QED) is 0.813. The molecule has 8 heteroatoms. The van der Waals surface area contributed by atoms with E-state index in [2.05, 4.69) is 10.2 Å². The second kappa shape index (κ2) is 6.92. The van der Waals surface area contributed by atoms with E-state index >= 15 is 0 Å². The smallest absolute Gasteiger partial charge is 0.410 e. The van der Waals surface area contributed by atoms with E-state index in [1.165, 1.54) is 4.80 Å². The second-order valence-electron chi connectivity index (χ2n) is 8.02. The summed E-state index contributed by atoms with van der Waals surface area (Å²) in [5.74, 6) is -0.110. The van der Waals surface area contributed by atoms with E-state index in [0.717, 1.165) is 18.5 Å². The topological polar surface area (TPSA) is 80.6 Å². The molecule has 8 nitrogen and oxygen atoms in total. The molecule has 0 aliphatic carbocycles. The first-order valence-electron chi connectivity index (χ1n) is 9.61. The summed E-state index contributed by atoms with van der Waals surface area (Å²) >= 11 is 0. The van der Waals surface area contributed by atoms with E-state index in [9.17, 15) is 9.59 Å². The highest BCUT2D eigenvalue weighted by Crippen LogP contribution is 2.30. The van der Waals surface area contributed by atoms with Crippen LogP contribution in [0.1, 0.15) is 42.9 Å². The summed E-state index contributed by atoms with van der Waals surface area (Å²) in [5, 5.41) is 8.81. The summed E-state index contributed by atoms with van der Waals surface area (Å²) < 4.78 is 5.22. The Labute approximate surface area is 164 Å². The Morgan fingerprint density at radius 2 is 1.82 bits per heavy atom. The Kier molecular flexibility index (Phi) is 4.56. The van der Waals surface area contributed by atoms with Crippen molar-refractivity contribution in [3.05, 3.63) is 41.7 Å². The first-order valence-corrected chi connectivity index (χ1v) is 9.61. The van der Waals surface area contributed by atoms with Gasteiger partial charge in [0.2, 0.25) is 0 Å². The van der Waals surface area contributed by atoms with Crippen LogP contribution in [0.5, 0.6) is 0 Å². The number of hydrogen-bond donors (Lipinski definition) is 0. The van der Waals surface area contributed by atoms with Gasteiger partial charge in [-0.2, -0.15) is 9.90 Å². The molecule has 2 aliphatic heterocycles. The third-order valence-corrected chi connectivity index (χ3v) is 5.49. The zero-order chi connectivity index (χ0) is 19.9. The standard InChI is InChI=1S/C20H25N5O3/c1-14-17(22-25(21-14)16-7-5-4-6-8-16)18(26)23-11-9-15(10-12-23)24-19(27)28-13-20(24,2)3/h4-8,15H,9-13H2,1-3H3. The van der Waals surface area contributed by atoms with Gasteiger partial charge in [-0.1, -0.05) is 18.2 Å². The molecule has 28 heavy (non-hydrogen) atoms. The molecule has 0 N–H and O–H groups in total. The van der Waals surface area contributed by atoms with Crippen LogP contribution in [-0.4, -0.2) is 68.1 Å². The molecule has 148 valence electrons. The fraction of sp³-hybridized carbons (Fsp3) is 0.500. The maximum atomic E-state index is 13.0. The number of hydrogen-bond acceptors (Lipinski definition) is 5. The molecule has 2 aromatic rings. The number of likely N-dealkylation sites (tertiary alicyclic amines) is 1. The van der Waals surface area contributed by atoms with Crippen LogP contribution < -0.4 is 0 Å². The molecule has 2 amide bonds. The summed E-state index contributed by atoms with van der Waals surface area (Å²) in [6.07, 6.45) is 1.21. The molecule has 0 radical (unpaired) electrons. The van der Waals surface area contributed by atoms with Gasteiger partial charge >= 0.3 is 6.09 Å². The molecule has 2 saturated heterocycles. The molecule has 0 saturated carbocycles. The number of aryl methyl sites for hydroxylation is 1. The molecule has 1 aromatic carbocycles. The monoisotopic (exact) mass is 383 g/mol. The predicted molar refractivity (Wildman–Crippen MR) is 102 cm³/mol. The number of rotatable bonds is 3. The highest BCUT2D eigenvalue weighted by Gasteiger charge is 2.45. The number of carbonyl (C=O) groups excluding carboxylic acids is 2. The minimum atomic E-state index is -0.303. The van der Waals surface area contributed by atoms with Crippen molar-refractivity contribution in [2.75, 3.05) is 19.7 Å². The zero-order valence-electron chi connectivity index (χ0n) is 16.5. The normalized spacial score (nSPS) is 19.8. The van der Waals surface area contributed by atoms with Crippen molar-refractivity contribution in [1.82, 2.24) is 24.8 Å². The number of amides is 2. The predicted octanol–water partition coefficient (Wildman–Crippen LogP) is 2.41. The molecule has 0 bridgehead atoms. The summed E-state index contributed by atoms with van der Waals surface area (Å²) in [6.45, 7) is 7.41. The number of benzene rings is 1. The molecular weight excluding hydrogens is 358 g/mol. The van der Waals surface area contributed by atoms with Crippen LogP contribution in [0, 0.1) is 6.92 Å². The molecule has 3 heterocycles. The fourth-order valence-corrected chi connectivity index (χ4v) is 4.00. The van der Waals surface area contributed by atoms with Gasteiger partial charge in [0.1, 0.15) is 6.61 Å². The molecule has 0 atom stereocenters. The van der Waals surface area contributed by atoms with Crippen LogP contribution in [0.15, 0.2) is 30.3 Å². The summed E-state index contributed by atoms with van der Waals surface area (Å²) in [4.78, 5) is 30.2. The number of aromatic nitrogens is 3. The van der Waals surface area contributed by atoms with Gasteiger partial charge in [0.05, 0.1) is 16.9 Å². The van der Waals surface area contributed by atoms with Gasteiger partial charge in [-0.3, -0.25) is 9.69 Å². The van der Waals surface area contributed by atoms with Crippen molar-refractivity contribution < 1.29 is 14.3 Å². The molecule has 1 aromatic heterocycles.